The third kappa shape index (κ3) is 2.69. The molecule has 3 rings (SSSR count). The summed E-state index contributed by atoms with van der Waals surface area (Å²) in [7, 11) is 1.45. The number of aliphatic carboxylic acids is 1. The number of hydrogen-bond acceptors (Lipinski definition) is 5. The minimum absolute atomic E-state index is 0.0143. The van der Waals surface area contributed by atoms with Gasteiger partial charge in [0.1, 0.15) is 5.82 Å². The van der Waals surface area contributed by atoms with E-state index in [-0.39, 0.29) is 12.5 Å². The smallest absolute Gasteiger partial charge is 0.332 e. The van der Waals surface area contributed by atoms with Gasteiger partial charge in [-0.05, 0) is 32.6 Å². The van der Waals surface area contributed by atoms with E-state index >= 15 is 0 Å². The first-order valence-electron chi connectivity index (χ1n) is 7.87. The van der Waals surface area contributed by atoms with Crippen molar-refractivity contribution < 1.29 is 19.4 Å². The van der Waals surface area contributed by atoms with Crippen LogP contribution in [0.15, 0.2) is 6.20 Å². The topological polar surface area (TPSA) is 92.6 Å². The fraction of sp³-hybridized carbons (Fsp3) is 0.625. The minimum Gasteiger partial charge on any atom is -0.479 e. The molecule has 0 radical (unpaired) electrons. The number of carboxylic acid groups (broad SMARTS) is 1. The number of amides is 1. The Morgan fingerprint density at radius 2 is 2.22 bits per heavy atom. The molecule has 0 spiro atoms. The molecule has 1 saturated heterocycles. The van der Waals surface area contributed by atoms with Gasteiger partial charge in [0.25, 0.3) is 5.91 Å². The first-order chi connectivity index (χ1) is 11.0. The lowest BCUT2D eigenvalue weighted by Gasteiger charge is -2.34. The van der Waals surface area contributed by atoms with Crippen LogP contribution in [0, 0.1) is 6.92 Å². The molecule has 1 aliphatic carbocycles. The van der Waals surface area contributed by atoms with Gasteiger partial charge in [0.15, 0.2) is 5.54 Å². The van der Waals surface area contributed by atoms with E-state index in [1.54, 1.807) is 6.92 Å². The molecule has 1 aliphatic heterocycles. The zero-order valence-corrected chi connectivity index (χ0v) is 13.4. The summed E-state index contributed by atoms with van der Waals surface area (Å²) >= 11 is 0. The number of carbonyl (C=O) groups is 2. The van der Waals surface area contributed by atoms with Gasteiger partial charge in [-0.1, -0.05) is 0 Å². The number of nitrogens with zero attached hydrogens (tertiary/aromatic N) is 3. The molecule has 1 unspecified atom stereocenters. The molecule has 2 aliphatic rings. The number of rotatable bonds is 5. The molecule has 2 heterocycles. The van der Waals surface area contributed by atoms with Crippen LogP contribution in [0.1, 0.15) is 53.5 Å². The Hall–Kier alpha value is -2.02. The lowest BCUT2D eigenvalue weighted by Crippen LogP contribution is -2.56. The van der Waals surface area contributed by atoms with Gasteiger partial charge in [-0.3, -0.25) is 4.79 Å². The lowest BCUT2D eigenvalue weighted by atomic mass is 9.96. The van der Waals surface area contributed by atoms with Crippen LogP contribution in [0.2, 0.25) is 0 Å². The van der Waals surface area contributed by atoms with Crippen LogP contribution < -0.4 is 0 Å². The average molecular weight is 319 g/mol. The van der Waals surface area contributed by atoms with Crippen molar-refractivity contribution in [2.45, 2.75) is 44.1 Å². The van der Waals surface area contributed by atoms with E-state index in [0.29, 0.717) is 36.7 Å². The molecule has 7 nitrogen and oxygen atoms in total. The minimum atomic E-state index is -1.29. The van der Waals surface area contributed by atoms with Gasteiger partial charge >= 0.3 is 5.97 Å². The Morgan fingerprint density at radius 3 is 2.83 bits per heavy atom. The Morgan fingerprint density at radius 1 is 1.48 bits per heavy atom. The van der Waals surface area contributed by atoms with E-state index in [9.17, 15) is 14.7 Å². The zero-order valence-electron chi connectivity index (χ0n) is 13.4. The first kappa shape index (κ1) is 15.9. The molecule has 1 atom stereocenters. The molecular weight excluding hydrogens is 298 g/mol. The Kier molecular flexibility index (Phi) is 4.06. The van der Waals surface area contributed by atoms with Gasteiger partial charge in [-0.15, -0.1) is 0 Å². The maximum Gasteiger partial charge on any atom is 0.332 e. The highest BCUT2D eigenvalue weighted by molar-refractivity contribution is 5.99. The summed E-state index contributed by atoms with van der Waals surface area (Å²) in [5, 5.41) is 9.69. The summed E-state index contributed by atoms with van der Waals surface area (Å²) in [4.78, 5) is 34.9. The second-order valence-corrected chi connectivity index (χ2v) is 6.32. The first-order valence-corrected chi connectivity index (χ1v) is 7.87. The highest BCUT2D eigenvalue weighted by Crippen LogP contribution is 2.41. The number of likely N-dealkylation sites (tertiary alicyclic amines) is 1. The number of carbonyl (C=O) groups excluding carboxylic acids is 1. The third-order valence-electron chi connectivity index (χ3n) is 4.65. The van der Waals surface area contributed by atoms with Crippen molar-refractivity contribution in [1.29, 1.82) is 0 Å². The van der Waals surface area contributed by atoms with E-state index in [0.717, 1.165) is 18.5 Å². The average Bonchev–Trinajstić information content (AvgIpc) is 3.27. The molecule has 23 heavy (non-hydrogen) atoms. The molecule has 1 N–H and O–H groups in total. The second kappa shape index (κ2) is 5.88. The summed E-state index contributed by atoms with van der Waals surface area (Å²) in [6.07, 6.45) is 4.61. The second-order valence-electron chi connectivity index (χ2n) is 6.32. The summed E-state index contributed by atoms with van der Waals surface area (Å²) in [5.41, 5.74) is -0.106. The quantitative estimate of drug-likeness (QED) is 0.881. The molecule has 0 aromatic carbocycles. The summed E-state index contributed by atoms with van der Waals surface area (Å²) in [6, 6.07) is 0. The molecule has 1 aromatic heterocycles. The standard InChI is InChI=1S/C16H21N3O4/c1-10-17-8-12(13(18-10)11-4-5-11)14(20)19-7-3-6-16(19,9-23-2)15(21)22/h8,11H,3-7,9H2,1-2H3,(H,21,22). The number of hydrogen-bond donors (Lipinski definition) is 1. The van der Waals surface area contributed by atoms with Crippen LogP contribution in [0.25, 0.3) is 0 Å². The van der Waals surface area contributed by atoms with Crippen LogP contribution in [0.4, 0.5) is 0 Å². The lowest BCUT2D eigenvalue weighted by molar-refractivity contribution is -0.151. The molecule has 0 bridgehead atoms. The summed E-state index contributed by atoms with van der Waals surface area (Å²) < 4.78 is 5.11. The largest absolute Gasteiger partial charge is 0.479 e. The fourth-order valence-corrected chi connectivity index (χ4v) is 3.31. The fourth-order valence-electron chi connectivity index (χ4n) is 3.31. The normalized spacial score (nSPS) is 24.0. The van der Waals surface area contributed by atoms with E-state index < -0.39 is 11.5 Å². The Balaban J connectivity index is 1.98. The van der Waals surface area contributed by atoms with Crippen molar-refractivity contribution in [3.8, 4) is 0 Å². The predicted octanol–water partition coefficient (Wildman–Crippen LogP) is 1.37. The number of aryl methyl sites for hydroxylation is 1. The summed E-state index contributed by atoms with van der Waals surface area (Å²) in [6.45, 7) is 2.19. The Bertz CT molecular complexity index is 644. The zero-order chi connectivity index (χ0) is 16.6. The van der Waals surface area contributed by atoms with Crippen LogP contribution in [-0.2, 0) is 9.53 Å². The van der Waals surface area contributed by atoms with E-state index in [1.165, 1.54) is 18.2 Å². The SMILES string of the molecule is COCC1(C(=O)O)CCCN1C(=O)c1cnc(C)nc1C1CC1. The van der Waals surface area contributed by atoms with E-state index in [4.69, 9.17) is 4.74 Å². The highest BCUT2D eigenvalue weighted by atomic mass is 16.5. The van der Waals surface area contributed by atoms with Gasteiger partial charge in [0, 0.05) is 25.8 Å². The monoisotopic (exact) mass is 319 g/mol. The van der Waals surface area contributed by atoms with Gasteiger partial charge in [0.05, 0.1) is 17.9 Å². The van der Waals surface area contributed by atoms with Crippen LogP contribution >= 0.6 is 0 Å². The Labute approximate surface area is 134 Å². The molecule has 2 fully saturated rings. The van der Waals surface area contributed by atoms with Gasteiger partial charge in [-0.2, -0.15) is 0 Å². The number of carboxylic acids is 1. The van der Waals surface area contributed by atoms with Crippen LogP contribution in [0.3, 0.4) is 0 Å². The highest BCUT2D eigenvalue weighted by Gasteiger charge is 2.51. The summed E-state index contributed by atoms with van der Waals surface area (Å²) in [5.74, 6) is -0.402. The molecule has 124 valence electrons. The van der Waals surface area contributed by atoms with Crippen molar-refractivity contribution in [3.05, 3.63) is 23.3 Å². The third-order valence-corrected chi connectivity index (χ3v) is 4.65. The number of ether oxygens (including phenoxy) is 1. The van der Waals surface area contributed by atoms with Gasteiger partial charge < -0.3 is 14.7 Å². The molecular formula is C16H21N3O4. The molecule has 7 heteroatoms. The van der Waals surface area contributed by atoms with Crippen molar-refractivity contribution in [2.75, 3.05) is 20.3 Å². The number of aromatic nitrogens is 2. The molecule has 1 saturated carbocycles. The van der Waals surface area contributed by atoms with Crippen LogP contribution in [-0.4, -0.2) is 57.7 Å². The van der Waals surface area contributed by atoms with Crippen molar-refractivity contribution in [1.82, 2.24) is 14.9 Å². The van der Waals surface area contributed by atoms with Crippen molar-refractivity contribution in [3.63, 3.8) is 0 Å². The van der Waals surface area contributed by atoms with Crippen molar-refractivity contribution in [2.24, 2.45) is 0 Å². The van der Waals surface area contributed by atoms with Crippen molar-refractivity contribution >= 4 is 11.9 Å². The predicted molar refractivity (Wildman–Crippen MR) is 81.3 cm³/mol. The van der Waals surface area contributed by atoms with E-state index in [2.05, 4.69) is 9.97 Å². The van der Waals surface area contributed by atoms with Gasteiger partial charge in [0.2, 0.25) is 0 Å². The number of methoxy groups -OCH3 is 1. The van der Waals surface area contributed by atoms with Crippen LogP contribution in [0.5, 0.6) is 0 Å². The molecule has 1 aromatic rings. The van der Waals surface area contributed by atoms with E-state index in [1.807, 2.05) is 0 Å². The maximum atomic E-state index is 13.0. The maximum absolute atomic E-state index is 13.0. The molecule has 1 amide bonds. The van der Waals surface area contributed by atoms with Gasteiger partial charge in [-0.25, -0.2) is 14.8 Å².